The summed E-state index contributed by atoms with van der Waals surface area (Å²) in [5, 5.41) is 5.90. The van der Waals surface area contributed by atoms with Gasteiger partial charge in [-0.2, -0.15) is 11.8 Å². The lowest BCUT2D eigenvalue weighted by atomic mass is 9.87. The predicted molar refractivity (Wildman–Crippen MR) is 158 cm³/mol. The van der Waals surface area contributed by atoms with E-state index in [1.54, 1.807) is 37.4 Å². The average Bonchev–Trinajstić information content (AvgIpc) is 2.82. The highest BCUT2D eigenvalue weighted by atomic mass is 32.2. The molecular weight excluding hydrogens is 510 g/mol. The fourth-order valence-electron chi connectivity index (χ4n) is 4.79. The van der Waals surface area contributed by atoms with Crippen LogP contribution in [0.25, 0.3) is 0 Å². The number of hydrogen-bond donors (Lipinski definition) is 2. The van der Waals surface area contributed by atoms with Crippen molar-refractivity contribution in [3.8, 4) is 0 Å². The van der Waals surface area contributed by atoms with Crippen molar-refractivity contribution >= 4 is 29.7 Å². The van der Waals surface area contributed by atoms with Gasteiger partial charge in [-0.15, -0.1) is 0 Å². The van der Waals surface area contributed by atoms with Crippen LogP contribution in [-0.4, -0.2) is 52.5 Å². The van der Waals surface area contributed by atoms with Gasteiger partial charge in [0.25, 0.3) is 0 Å². The maximum atomic E-state index is 14.3. The second-order valence-electron chi connectivity index (χ2n) is 11.3. The molecule has 2 aromatic carbocycles. The molecule has 0 saturated heterocycles. The van der Waals surface area contributed by atoms with Crippen molar-refractivity contribution in [1.82, 2.24) is 15.5 Å². The number of carbonyl (C=O) groups is 3. The van der Waals surface area contributed by atoms with E-state index in [0.717, 1.165) is 41.5 Å². The fraction of sp³-hybridized carbons (Fsp3) is 0.516. The minimum Gasteiger partial charge on any atom is -0.444 e. The van der Waals surface area contributed by atoms with Crippen LogP contribution in [0.15, 0.2) is 48.5 Å². The Morgan fingerprint density at radius 2 is 1.69 bits per heavy atom. The molecule has 0 bridgehead atoms. The Bertz CT molecular complexity index is 1110. The molecule has 3 amide bonds. The Morgan fingerprint density at radius 3 is 2.23 bits per heavy atom. The van der Waals surface area contributed by atoms with Crippen molar-refractivity contribution in [1.29, 1.82) is 0 Å². The van der Waals surface area contributed by atoms with Crippen molar-refractivity contribution in [2.24, 2.45) is 0 Å². The van der Waals surface area contributed by atoms with Gasteiger partial charge in [-0.1, -0.05) is 59.7 Å². The lowest BCUT2D eigenvalue weighted by molar-refractivity contribution is -0.147. The molecule has 212 valence electrons. The standard InChI is InChI=1S/C31H43N3O4S/c1-21-17-22(2)19-24(18-21)27(28(35)32-20-23-11-8-7-9-12-23)34(25-13-10-14-25)29(36)26(15-16-39-6)33-30(37)38-31(3,4)5/h7-9,11-12,17-19,25-27H,10,13-16,20H2,1-6H3,(H,32,35)(H,33,37). The Hall–Kier alpha value is -3.00. The normalized spacial score (nSPS) is 15.0. The Labute approximate surface area is 237 Å². The SMILES string of the molecule is CSCCC(NC(=O)OC(C)(C)C)C(=O)N(C1CCC1)C(C(=O)NCc1ccccc1)c1cc(C)cc(C)c1. The fourth-order valence-corrected chi connectivity index (χ4v) is 5.26. The molecule has 8 heteroatoms. The molecule has 1 aliphatic rings. The number of hydrogen-bond acceptors (Lipinski definition) is 5. The van der Waals surface area contributed by atoms with Crippen molar-refractivity contribution in [3.63, 3.8) is 0 Å². The quantitative estimate of drug-likeness (QED) is 0.373. The third-order valence-corrected chi connectivity index (χ3v) is 7.36. The summed E-state index contributed by atoms with van der Waals surface area (Å²) < 4.78 is 5.48. The first-order chi connectivity index (χ1) is 18.5. The molecule has 0 aromatic heterocycles. The molecular formula is C31H43N3O4S. The third-order valence-electron chi connectivity index (χ3n) is 6.72. The molecule has 0 heterocycles. The van der Waals surface area contributed by atoms with E-state index in [0.29, 0.717) is 18.7 Å². The van der Waals surface area contributed by atoms with Crippen molar-refractivity contribution in [2.45, 2.75) is 90.6 Å². The second kappa shape index (κ2) is 13.9. The predicted octanol–water partition coefficient (Wildman–Crippen LogP) is 5.69. The zero-order valence-corrected chi connectivity index (χ0v) is 24.9. The summed E-state index contributed by atoms with van der Waals surface area (Å²) in [6.45, 7) is 9.73. The number of rotatable bonds is 11. The number of alkyl carbamates (subject to hydrolysis) is 1. The van der Waals surface area contributed by atoms with Gasteiger partial charge in [0.05, 0.1) is 0 Å². The molecule has 2 unspecified atom stereocenters. The molecule has 0 aliphatic heterocycles. The van der Waals surface area contributed by atoms with E-state index in [1.165, 1.54) is 0 Å². The van der Waals surface area contributed by atoms with Crippen LogP contribution in [0.2, 0.25) is 0 Å². The van der Waals surface area contributed by atoms with E-state index in [9.17, 15) is 14.4 Å². The molecule has 1 fully saturated rings. The monoisotopic (exact) mass is 553 g/mol. The van der Waals surface area contributed by atoms with E-state index in [2.05, 4.69) is 16.7 Å². The van der Waals surface area contributed by atoms with Crippen LogP contribution in [0.1, 0.15) is 74.8 Å². The first-order valence-corrected chi connectivity index (χ1v) is 15.1. The summed E-state index contributed by atoms with van der Waals surface area (Å²) in [7, 11) is 0. The Balaban J connectivity index is 1.98. The number of nitrogens with zero attached hydrogens (tertiary/aromatic N) is 1. The molecule has 2 aromatic rings. The highest BCUT2D eigenvalue weighted by Crippen LogP contribution is 2.34. The molecule has 39 heavy (non-hydrogen) atoms. The number of amides is 3. The molecule has 0 spiro atoms. The summed E-state index contributed by atoms with van der Waals surface area (Å²) >= 11 is 1.61. The van der Waals surface area contributed by atoms with Gasteiger partial charge < -0.3 is 20.3 Å². The van der Waals surface area contributed by atoms with Crippen LogP contribution >= 0.6 is 11.8 Å². The summed E-state index contributed by atoms with van der Waals surface area (Å²) in [5.41, 5.74) is 3.12. The second-order valence-corrected chi connectivity index (χ2v) is 12.3. The maximum Gasteiger partial charge on any atom is 0.408 e. The summed E-state index contributed by atoms with van der Waals surface area (Å²) in [6, 6.07) is 14.1. The lowest BCUT2D eigenvalue weighted by Gasteiger charge is -2.43. The Kier molecular flexibility index (Phi) is 10.9. The molecule has 1 aliphatic carbocycles. The van der Waals surface area contributed by atoms with Crippen LogP contribution in [0.5, 0.6) is 0 Å². The third kappa shape index (κ3) is 9.02. The number of carbonyl (C=O) groups excluding carboxylic acids is 3. The highest BCUT2D eigenvalue weighted by molar-refractivity contribution is 7.98. The van der Waals surface area contributed by atoms with Gasteiger partial charge in [0.1, 0.15) is 17.7 Å². The molecule has 2 atom stereocenters. The van der Waals surface area contributed by atoms with E-state index in [1.807, 2.05) is 62.6 Å². The smallest absolute Gasteiger partial charge is 0.408 e. The van der Waals surface area contributed by atoms with Crippen LogP contribution in [0, 0.1) is 13.8 Å². The zero-order valence-electron chi connectivity index (χ0n) is 24.1. The average molecular weight is 554 g/mol. The van der Waals surface area contributed by atoms with Gasteiger partial charge >= 0.3 is 6.09 Å². The summed E-state index contributed by atoms with van der Waals surface area (Å²) in [4.78, 5) is 42.8. The van der Waals surface area contributed by atoms with Crippen LogP contribution in [0.3, 0.4) is 0 Å². The maximum absolute atomic E-state index is 14.3. The minimum absolute atomic E-state index is 0.0805. The number of ether oxygens (including phenoxy) is 1. The Morgan fingerprint density at radius 1 is 1.05 bits per heavy atom. The first kappa shape index (κ1) is 30.5. The van der Waals surface area contributed by atoms with Gasteiger partial charge in [-0.05, 0) is 83.4 Å². The van der Waals surface area contributed by atoms with Crippen LogP contribution in [0.4, 0.5) is 4.79 Å². The first-order valence-electron chi connectivity index (χ1n) is 13.7. The lowest BCUT2D eigenvalue weighted by Crippen LogP contribution is -2.57. The van der Waals surface area contributed by atoms with Gasteiger partial charge in [-0.3, -0.25) is 9.59 Å². The molecule has 7 nitrogen and oxygen atoms in total. The molecule has 2 N–H and O–H groups in total. The zero-order chi connectivity index (χ0) is 28.6. The van der Waals surface area contributed by atoms with Gasteiger partial charge in [0, 0.05) is 12.6 Å². The summed E-state index contributed by atoms with van der Waals surface area (Å²) in [6.07, 6.45) is 4.41. The highest BCUT2D eigenvalue weighted by Gasteiger charge is 2.42. The van der Waals surface area contributed by atoms with Crippen LogP contribution < -0.4 is 10.6 Å². The van der Waals surface area contributed by atoms with E-state index in [4.69, 9.17) is 4.74 Å². The number of aryl methyl sites for hydroxylation is 2. The molecule has 3 rings (SSSR count). The van der Waals surface area contributed by atoms with Crippen molar-refractivity contribution in [2.75, 3.05) is 12.0 Å². The van der Waals surface area contributed by atoms with Crippen molar-refractivity contribution in [3.05, 3.63) is 70.8 Å². The number of benzene rings is 2. The van der Waals surface area contributed by atoms with Gasteiger partial charge in [-0.25, -0.2) is 4.79 Å². The van der Waals surface area contributed by atoms with E-state index < -0.39 is 23.8 Å². The van der Waals surface area contributed by atoms with E-state index in [-0.39, 0.29) is 17.9 Å². The molecule has 1 saturated carbocycles. The number of nitrogens with one attached hydrogen (secondary N) is 2. The van der Waals surface area contributed by atoms with Gasteiger partial charge in [0.2, 0.25) is 11.8 Å². The van der Waals surface area contributed by atoms with E-state index >= 15 is 0 Å². The van der Waals surface area contributed by atoms with Gasteiger partial charge in [0.15, 0.2) is 0 Å². The number of thioether (sulfide) groups is 1. The summed E-state index contributed by atoms with van der Waals surface area (Å²) in [5.74, 6) is 0.197. The minimum atomic E-state index is -0.817. The van der Waals surface area contributed by atoms with Crippen molar-refractivity contribution < 1.29 is 19.1 Å². The topological polar surface area (TPSA) is 87.7 Å². The molecule has 0 radical (unpaired) electrons. The largest absolute Gasteiger partial charge is 0.444 e. The van der Waals surface area contributed by atoms with Crippen LogP contribution in [-0.2, 0) is 20.9 Å².